The van der Waals surface area contributed by atoms with Crippen molar-refractivity contribution in [2.24, 2.45) is 0 Å². The molecule has 0 bridgehead atoms. The first-order valence-electron chi connectivity index (χ1n) is 3.29. The second-order valence-corrected chi connectivity index (χ2v) is 2.97. The molecule has 11 heavy (non-hydrogen) atoms. The van der Waals surface area contributed by atoms with E-state index in [2.05, 4.69) is 10.2 Å². The van der Waals surface area contributed by atoms with Crippen LogP contribution in [0.5, 0.6) is 0 Å². The summed E-state index contributed by atoms with van der Waals surface area (Å²) in [6.07, 6.45) is 1.72. The third-order valence-corrected chi connectivity index (χ3v) is 1.62. The van der Waals surface area contributed by atoms with E-state index >= 15 is 0 Å². The monoisotopic (exact) mass is 268 g/mol. The van der Waals surface area contributed by atoms with E-state index in [1.165, 1.54) is 0 Å². The number of nitrogens with zero attached hydrogens (tertiary/aromatic N) is 2. The number of rotatable bonds is 4. The predicted octanol–water partition coefficient (Wildman–Crippen LogP) is 1.25. The smallest absolute Gasteiger partial charge is 0.278 e. The molecule has 1 aromatic rings. The minimum Gasteiger partial charge on any atom is -0.416 e. The Bertz CT molecular complexity index is 214. The van der Waals surface area contributed by atoms with Gasteiger partial charge in [-0.25, -0.2) is 0 Å². The largest absolute Gasteiger partial charge is 0.416 e. The van der Waals surface area contributed by atoms with Gasteiger partial charge in [0.25, 0.3) is 3.90 Å². The Morgan fingerprint density at radius 3 is 2.91 bits per heavy atom. The summed E-state index contributed by atoms with van der Waals surface area (Å²) in [5, 5.41) is 7.53. The van der Waals surface area contributed by atoms with Crippen molar-refractivity contribution in [1.82, 2.24) is 10.2 Å². The number of ether oxygens (including phenoxy) is 1. The van der Waals surface area contributed by atoms with Gasteiger partial charge in [-0.3, -0.25) is 0 Å². The Kier molecular flexibility index (Phi) is 3.78. The molecule has 0 saturated carbocycles. The summed E-state index contributed by atoms with van der Waals surface area (Å²) in [7, 11) is 1.68. The maximum absolute atomic E-state index is 5.14. The van der Waals surface area contributed by atoms with Gasteiger partial charge in [0.2, 0.25) is 5.89 Å². The number of methoxy groups -OCH3 is 1. The number of aryl methyl sites for hydroxylation is 1. The van der Waals surface area contributed by atoms with E-state index in [4.69, 9.17) is 9.15 Å². The molecule has 0 aliphatic heterocycles. The van der Waals surface area contributed by atoms with Gasteiger partial charge in [0.15, 0.2) is 0 Å². The lowest BCUT2D eigenvalue weighted by molar-refractivity contribution is 0.192. The van der Waals surface area contributed by atoms with Gasteiger partial charge in [0.05, 0.1) is 0 Å². The average molecular weight is 268 g/mol. The van der Waals surface area contributed by atoms with Crippen LogP contribution in [-0.4, -0.2) is 23.9 Å². The molecule has 62 valence electrons. The molecule has 0 aromatic carbocycles. The van der Waals surface area contributed by atoms with Gasteiger partial charge in [0.1, 0.15) is 0 Å². The molecule has 5 heteroatoms. The standard InChI is InChI=1S/C6H9IN2O2/c1-10-4-2-3-5-8-9-6(7)11-5/h2-4H2,1H3. The second-order valence-electron chi connectivity index (χ2n) is 2.05. The third-order valence-electron chi connectivity index (χ3n) is 1.18. The fourth-order valence-electron chi connectivity index (χ4n) is 0.702. The van der Waals surface area contributed by atoms with Gasteiger partial charge >= 0.3 is 0 Å². The zero-order chi connectivity index (χ0) is 8.10. The van der Waals surface area contributed by atoms with Crippen molar-refractivity contribution in [1.29, 1.82) is 0 Å². The van der Waals surface area contributed by atoms with E-state index in [1.807, 2.05) is 22.6 Å². The van der Waals surface area contributed by atoms with Crippen LogP contribution >= 0.6 is 22.6 Å². The van der Waals surface area contributed by atoms with Crippen LogP contribution in [0, 0.1) is 3.90 Å². The van der Waals surface area contributed by atoms with Crippen LogP contribution in [0.2, 0.25) is 0 Å². The highest BCUT2D eigenvalue weighted by Gasteiger charge is 2.01. The van der Waals surface area contributed by atoms with Crippen LogP contribution in [0.4, 0.5) is 0 Å². The summed E-state index contributed by atoms with van der Waals surface area (Å²) < 4.78 is 10.6. The van der Waals surface area contributed by atoms with E-state index in [-0.39, 0.29) is 0 Å². The van der Waals surface area contributed by atoms with Crippen molar-refractivity contribution in [2.75, 3.05) is 13.7 Å². The Hall–Kier alpha value is -0.170. The predicted molar refractivity (Wildman–Crippen MR) is 47.2 cm³/mol. The highest BCUT2D eigenvalue weighted by atomic mass is 127. The van der Waals surface area contributed by atoms with E-state index in [0.29, 0.717) is 9.79 Å². The number of hydrogen-bond donors (Lipinski definition) is 0. The molecule has 1 rings (SSSR count). The Morgan fingerprint density at radius 2 is 2.36 bits per heavy atom. The minimum atomic E-state index is 0.593. The van der Waals surface area contributed by atoms with Crippen LogP contribution < -0.4 is 0 Å². The summed E-state index contributed by atoms with van der Waals surface area (Å²) in [4.78, 5) is 0. The zero-order valence-electron chi connectivity index (χ0n) is 6.21. The molecule has 0 atom stereocenters. The lowest BCUT2D eigenvalue weighted by Crippen LogP contribution is -1.92. The van der Waals surface area contributed by atoms with Crippen LogP contribution in [-0.2, 0) is 11.2 Å². The summed E-state index contributed by atoms with van der Waals surface area (Å²) in [6.45, 7) is 0.735. The van der Waals surface area contributed by atoms with Crippen LogP contribution in [0.15, 0.2) is 4.42 Å². The molecule has 0 saturated heterocycles. The summed E-state index contributed by atoms with van der Waals surface area (Å²) in [6, 6.07) is 0. The van der Waals surface area contributed by atoms with Crippen LogP contribution in [0.1, 0.15) is 12.3 Å². The van der Waals surface area contributed by atoms with Crippen molar-refractivity contribution in [3.05, 3.63) is 9.79 Å². The van der Waals surface area contributed by atoms with Crippen molar-refractivity contribution >= 4 is 22.6 Å². The molecule has 4 nitrogen and oxygen atoms in total. The fourth-order valence-corrected chi connectivity index (χ4v) is 1.06. The topological polar surface area (TPSA) is 48.2 Å². The maximum Gasteiger partial charge on any atom is 0.278 e. The van der Waals surface area contributed by atoms with Gasteiger partial charge in [-0.1, -0.05) is 0 Å². The molecule has 0 radical (unpaired) electrons. The van der Waals surface area contributed by atoms with Crippen molar-refractivity contribution in [3.63, 3.8) is 0 Å². The van der Waals surface area contributed by atoms with E-state index in [0.717, 1.165) is 19.4 Å². The summed E-state index contributed by atoms with van der Waals surface area (Å²) in [5.74, 6) is 0.687. The summed E-state index contributed by atoms with van der Waals surface area (Å²) >= 11 is 1.99. The molecule has 0 aliphatic carbocycles. The van der Waals surface area contributed by atoms with Crippen LogP contribution in [0.25, 0.3) is 0 Å². The maximum atomic E-state index is 5.14. The Balaban J connectivity index is 2.27. The molecule has 0 amide bonds. The van der Waals surface area contributed by atoms with Crippen LogP contribution in [0.3, 0.4) is 0 Å². The SMILES string of the molecule is COCCCc1nnc(I)o1. The van der Waals surface area contributed by atoms with Crippen molar-refractivity contribution in [3.8, 4) is 0 Å². The third kappa shape index (κ3) is 3.15. The Labute approximate surface area is 78.5 Å². The summed E-state index contributed by atoms with van der Waals surface area (Å²) in [5.41, 5.74) is 0. The Morgan fingerprint density at radius 1 is 1.55 bits per heavy atom. The van der Waals surface area contributed by atoms with Gasteiger partial charge in [-0.2, -0.15) is 0 Å². The van der Waals surface area contributed by atoms with Crippen molar-refractivity contribution < 1.29 is 9.15 Å². The lowest BCUT2D eigenvalue weighted by atomic mass is 10.3. The molecule has 0 N–H and O–H groups in total. The highest BCUT2D eigenvalue weighted by Crippen LogP contribution is 2.04. The van der Waals surface area contributed by atoms with Crippen molar-refractivity contribution in [2.45, 2.75) is 12.8 Å². The quantitative estimate of drug-likeness (QED) is 0.609. The molecule has 0 spiro atoms. The van der Waals surface area contributed by atoms with Gasteiger partial charge in [0, 0.05) is 42.7 Å². The lowest BCUT2D eigenvalue weighted by Gasteiger charge is -1.93. The normalized spacial score (nSPS) is 10.4. The van der Waals surface area contributed by atoms with Gasteiger partial charge < -0.3 is 9.15 Å². The average Bonchev–Trinajstić information content (AvgIpc) is 2.37. The number of aromatic nitrogens is 2. The van der Waals surface area contributed by atoms with E-state index in [9.17, 15) is 0 Å². The van der Waals surface area contributed by atoms with Gasteiger partial charge in [-0.15, -0.1) is 10.2 Å². The zero-order valence-corrected chi connectivity index (χ0v) is 8.37. The molecule has 0 unspecified atom stereocenters. The molecule has 1 heterocycles. The highest BCUT2D eigenvalue weighted by molar-refractivity contribution is 14.1. The molecule has 1 aromatic heterocycles. The van der Waals surface area contributed by atoms with E-state index in [1.54, 1.807) is 7.11 Å². The van der Waals surface area contributed by atoms with Gasteiger partial charge in [-0.05, 0) is 6.42 Å². The first-order chi connectivity index (χ1) is 5.33. The first kappa shape index (κ1) is 8.92. The first-order valence-corrected chi connectivity index (χ1v) is 4.37. The molecule has 0 aliphatic rings. The number of halogens is 1. The molecular weight excluding hydrogens is 259 g/mol. The second kappa shape index (κ2) is 4.66. The minimum absolute atomic E-state index is 0.593. The number of hydrogen-bond acceptors (Lipinski definition) is 4. The fraction of sp³-hybridized carbons (Fsp3) is 0.667. The molecular formula is C6H9IN2O2. The molecule has 0 fully saturated rings. The van der Waals surface area contributed by atoms with E-state index < -0.39 is 0 Å².